The van der Waals surface area contributed by atoms with Gasteiger partial charge in [0.2, 0.25) is 0 Å². The molecule has 1 aromatic carbocycles. The molecular formula is C14H14N6. The summed E-state index contributed by atoms with van der Waals surface area (Å²) in [6.07, 6.45) is 4.87. The van der Waals surface area contributed by atoms with Gasteiger partial charge in [-0.15, -0.1) is 10.2 Å². The summed E-state index contributed by atoms with van der Waals surface area (Å²) in [6.45, 7) is 4.00. The van der Waals surface area contributed by atoms with Crippen LogP contribution in [-0.2, 0) is 0 Å². The smallest absolute Gasteiger partial charge is 0.141 e. The number of nitrogens with zero attached hydrogens (tertiary/aromatic N) is 6. The SMILES string of the molecule is Cc1nn(-c2ccccc2)c(C)c1/C=N/n1cnnc1. The standard InChI is InChI=1S/C14H14N6/c1-11-14(8-17-19-9-15-16-10-19)12(2)20(18-11)13-6-4-3-5-7-13/h3-10H,1-2H3/b17-8+. The molecule has 3 rings (SSSR count). The van der Waals surface area contributed by atoms with Crippen LogP contribution in [0.15, 0.2) is 48.1 Å². The van der Waals surface area contributed by atoms with Crippen LogP contribution in [0.1, 0.15) is 17.0 Å². The molecule has 0 saturated heterocycles. The van der Waals surface area contributed by atoms with Gasteiger partial charge in [-0.05, 0) is 26.0 Å². The summed E-state index contributed by atoms with van der Waals surface area (Å²) in [4.78, 5) is 0. The van der Waals surface area contributed by atoms with E-state index >= 15 is 0 Å². The fourth-order valence-electron chi connectivity index (χ4n) is 2.04. The Morgan fingerprint density at radius 3 is 2.45 bits per heavy atom. The average molecular weight is 266 g/mol. The minimum atomic E-state index is 0.933. The van der Waals surface area contributed by atoms with E-state index in [1.54, 1.807) is 23.5 Å². The maximum atomic E-state index is 4.57. The highest BCUT2D eigenvalue weighted by atomic mass is 15.4. The first-order valence-electron chi connectivity index (χ1n) is 6.26. The van der Waals surface area contributed by atoms with Crippen LogP contribution in [0.2, 0.25) is 0 Å². The zero-order chi connectivity index (χ0) is 13.9. The lowest BCUT2D eigenvalue weighted by atomic mass is 10.2. The molecule has 0 bridgehead atoms. The van der Waals surface area contributed by atoms with Crippen LogP contribution in [0.25, 0.3) is 5.69 Å². The van der Waals surface area contributed by atoms with Crippen LogP contribution < -0.4 is 0 Å². The molecule has 0 aliphatic carbocycles. The summed E-state index contributed by atoms with van der Waals surface area (Å²) >= 11 is 0. The number of aromatic nitrogens is 5. The van der Waals surface area contributed by atoms with E-state index in [1.165, 1.54) is 0 Å². The molecule has 100 valence electrons. The number of benzene rings is 1. The van der Waals surface area contributed by atoms with Gasteiger partial charge in [0.1, 0.15) is 12.7 Å². The van der Waals surface area contributed by atoms with Gasteiger partial charge < -0.3 is 0 Å². The van der Waals surface area contributed by atoms with E-state index in [4.69, 9.17) is 0 Å². The van der Waals surface area contributed by atoms with Gasteiger partial charge in [-0.2, -0.15) is 10.2 Å². The van der Waals surface area contributed by atoms with Crippen LogP contribution in [-0.4, -0.2) is 30.9 Å². The topological polar surface area (TPSA) is 60.9 Å². The number of aryl methyl sites for hydroxylation is 1. The molecule has 0 amide bonds. The normalized spacial score (nSPS) is 11.3. The number of hydrogen-bond donors (Lipinski definition) is 0. The Labute approximate surface area is 116 Å². The molecule has 0 fully saturated rings. The molecule has 3 aromatic rings. The van der Waals surface area contributed by atoms with Crippen molar-refractivity contribution in [1.29, 1.82) is 0 Å². The second kappa shape index (κ2) is 5.08. The highest BCUT2D eigenvalue weighted by Crippen LogP contribution is 2.16. The van der Waals surface area contributed by atoms with Crippen molar-refractivity contribution >= 4 is 6.21 Å². The quantitative estimate of drug-likeness (QED) is 0.681. The lowest BCUT2D eigenvalue weighted by Crippen LogP contribution is -1.99. The van der Waals surface area contributed by atoms with Crippen LogP contribution in [0.3, 0.4) is 0 Å². The van der Waals surface area contributed by atoms with Crippen LogP contribution in [0, 0.1) is 13.8 Å². The minimum Gasteiger partial charge on any atom is -0.237 e. The third kappa shape index (κ3) is 2.23. The zero-order valence-electron chi connectivity index (χ0n) is 11.3. The Bertz CT molecular complexity index is 725. The van der Waals surface area contributed by atoms with E-state index in [0.717, 1.165) is 22.6 Å². The van der Waals surface area contributed by atoms with Gasteiger partial charge in [0.05, 0.1) is 23.3 Å². The first kappa shape index (κ1) is 12.3. The van der Waals surface area contributed by atoms with E-state index in [2.05, 4.69) is 20.4 Å². The van der Waals surface area contributed by atoms with Crippen molar-refractivity contribution in [2.45, 2.75) is 13.8 Å². The van der Waals surface area contributed by atoms with Crippen LogP contribution in [0.5, 0.6) is 0 Å². The van der Waals surface area contributed by atoms with Gasteiger partial charge in [-0.1, -0.05) is 18.2 Å². The maximum absolute atomic E-state index is 4.57. The zero-order valence-corrected chi connectivity index (χ0v) is 11.3. The number of hydrogen-bond acceptors (Lipinski definition) is 4. The predicted octanol–water partition coefficient (Wildman–Crippen LogP) is 1.96. The Balaban J connectivity index is 1.99. The lowest BCUT2D eigenvalue weighted by Gasteiger charge is -2.03. The predicted molar refractivity (Wildman–Crippen MR) is 76.1 cm³/mol. The van der Waals surface area contributed by atoms with E-state index in [1.807, 2.05) is 48.9 Å². The van der Waals surface area contributed by atoms with E-state index in [-0.39, 0.29) is 0 Å². The average Bonchev–Trinajstić information content (AvgIpc) is 3.07. The Morgan fingerprint density at radius 2 is 1.75 bits per heavy atom. The highest BCUT2D eigenvalue weighted by molar-refractivity contribution is 5.82. The van der Waals surface area contributed by atoms with E-state index in [9.17, 15) is 0 Å². The summed E-state index contributed by atoms with van der Waals surface area (Å²) in [5, 5.41) is 16.3. The van der Waals surface area contributed by atoms with Crippen LogP contribution in [0.4, 0.5) is 0 Å². The Morgan fingerprint density at radius 1 is 1.05 bits per heavy atom. The molecule has 0 N–H and O–H groups in total. The molecule has 6 heteroatoms. The van der Waals surface area contributed by atoms with Gasteiger partial charge in [0.25, 0.3) is 0 Å². The van der Waals surface area contributed by atoms with Crippen molar-refractivity contribution in [3.8, 4) is 5.69 Å². The third-order valence-corrected chi connectivity index (χ3v) is 3.07. The first-order valence-corrected chi connectivity index (χ1v) is 6.26. The number of para-hydroxylation sites is 1. The second-order valence-corrected chi connectivity index (χ2v) is 4.42. The van der Waals surface area contributed by atoms with Gasteiger partial charge >= 0.3 is 0 Å². The molecule has 0 unspecified atom stereocenters. The van der Waals surface area contributed by atoms with Crippen molar-refractivity contribution in [2.75, 3.05) is 0 Å². The summed E-state index contributed by atoms with van der Waals surface area (Å²) in [7, 11) is 0. The fourth-order valence-corrected chi connectivity index (χ4v) is 2.04. The monoisotopic (exact) mass is 266 g/mol. The minimum absolute atomic E-state index is 0.933. The summed E-state index contributed by atoms with van der Waals surface area (Å²) in [5.41, 5.74) is 4.02. The summed E-state index contributed by atoms with van der Waals surface area (Å²) in [6, 6.07) is 10.0. The molecule has 0 saturated carbocycles. The molecule has 0 aliphatic rings. The number of rotatable bonds is 3. The molecule has 2 heterocycles. The fraction of sp³-hybridized carbons (Fsp3) is 0.143. The largest absolute Gasteiger partial charge is 0.237 e. The first-order chi connectivity index (χ1) is 9.75. The Kier molecular flexibility index (Phi) is 3.12. The van der Waals surface area contributed by atoms with Gasteiger partial charge in [-0.25, -0.2) is 9.36 Å². The third-order valence-electron chi connectivity index (χ3n) is 3.07. The van der Waals surface area contributed by atoms with Crippen molar-refractivity contribution < 1.29 is 0 Å². The molecule has 0 atom stereocenters. The molecule has 0 aliphatic heterocycles. The molecule has 6 nitrogen and oxygen atoms in total. The summed E-state index contributed by atoms with van der Waals surface area (Å²) < 4.78 is 3.47. The van der Waals surface area contributed by atoms with Crippen LogP contribution >= 0.6 is 0 Å². The van der Waals surface area contributed by atoms with E-state index in [0.29, 0.717) is 0 Å². The van der Waals surface area contributed by atoms with Crippen molar-refractivity contribution in [3.63, 3.8) is 0 Å². The molecule has 20 heavy (non-hydrogen) atoms. The van der Waals surface area contributed by atoms with Crippen molar-refractivity contribution in [2.24, 2.45) is 5.10 Å². The van der Waals surface area contributed by atoms with Gasteiger partial charge in [-0.3, -0.25) is 0 Å². The lowest BCUT2D eigenvalue weighted by molar-refractivity contribution is 0.833. The van der Waals surface area contributed by atoms with E-state index < -0.39 is 0 Å². The molecule has 0 radical (unpaired) electrons. The highest BCUT2D eigenvalue weighted by Gasteiger charge is 2.10. The summed E-state index contributed by atoms with van der Waals surface area (Å²) in [5.74, 6) is 0. The second-order valence-electron chi connectivity index (χ2n) is 4.42. The molecule has 2 aromatic heterocycles. The molecular weight excluding hydrogens is 252 g/mol. The van der Waals surface area contributed by atoms with Gasteiger partial charge in [0.15, 0.2) is 0 Å². The van der Waals surface area contributed by atoms with Crippen molar-refractivity contribution in [1.82, 2.24) is 24.7 Å². The van der Waals surface area contributed by atoms with Gasteiger partial charge in [0, 0.05) is 5.56 Å². The Hall–Kier alpha value is -2.76. The maximum Gasteiger partial charge on any atom is 0.141 e. The van der Waals surface area contributed by atoms with Crippen molar-refractivity contribution in [3.05, 3.63) is 59.9 Å². The molecule has 0 spiro atoms.